The predicted molar refractivity (Wildman–Crippen MR) is 166 cm³/mol. The SMILES string of the molecule is CC/C=C/CCCCCCCCCCCC[N+](Cc1ccccc1)(Cc1ccccc1)Cc1ccccc1. The van der Waals surface area contributed by atoms with E-state index >= 15 is 0 Å². The lowest BCUT2D eigenvalue weighted by Crippen LogP contribution is -2.46. The Kier molecular flexibility index (Phi) is 14.6. The molecule has 3 rings (SSSR count). The van der Waals surface area contributed by atoms with Crippen LogP contribution in [0.25, 0.3) is 0 Å². The van der Waals surface area contributed by atoms with Crippen LogP contribution in [0.15, 0.2) is 103 Å². The van der Waals surface area contributed by atoms with E-state index in [1.165, 1.54) is 100 Å². The van der Waals surface area contributed by atoms with Crippen LogP contribution < -0.4 is 0 Å². The summed E-state index contributed by atoms with van der Waals surface area (Å²) < 4.78 is 1.09. The smallest absolute Gasteiger partial charge is 0.105 e. The zero-order chi connectivity index (χ0) is 26.6. The van der Waals surface area contributed by atoms with Crippen molar-refractivity contribution in [1.29, 1.82) is 0 Å². The van der Waals surface area contributed by atoms with Crippen LogP contribution >= 0.6 is 0 Å². The quantitative estimate of drug-likeness (QED) is 0.0805. The molecule has 0 aromatic heterocycles. The number of hydrogen-bond acceptors (Lipinski definition) is 0. The van der Waals surface area contributed by atoms with E-state index in [9.17, 15) is 0 Å². The van der Waals surface area contributed by atoms with E-state index in [2.05, 4.69) is 110 Å². The van der Waals surface area contributed by atoms with E-state index in [1.807, 2.05) is 0 Å². The van der Waals surface area contributed by atoms with Gasteiger partial charge in [0, 0.05) is 16.7 Å². The molecule has 1 heteroatoms. The van der Waals surface area contributed by atoms with Gasteiger partial charge < -0.3 is 4.48 Å². The van der Waals surface area contributed by atoms with Crippen LogP contribution in [0.1, 0.15) is 101 Å². The molecule has 3 aromatic carbocycles. The van der Waals surface area contributed by atoms with Crippen molar-refractivity contribution >= 4 is 0 Å². The fraction of sp³-hybridized carbons (Fsp3) is 0.459. The highest BCUT2D eigenvalue weighted by atomic mass is 15.3. The predicted octanol–water partition coefficient (Wildman–Crippen LogP) is 10.7. The first-order chi connectivity index (χ1) is 18.8. The van der Waals surface area contributed by atoms with Crippen molar-refractivity contribution < 1.29 is 4.48 Å². The van der Waals surface area contributed by atoms with E-state index in [0.717, 1.165) is 24.1 Å². The van der Waals surface area contributed by atoms with Gasteiger partial charge in [0.25, 0.3) is 0 Å². The molecule has 0 saturated heterocycles. The Morgan fingerprint density at radius 3 is 1.21 bits per heavy atom. The number of allylic oxidation sites excluding steroid dienone is 2. The molecular formula is C37H52N+. The Bertz CT molecular complexity index is 876. The van der Waals surface area contributed by atoms with Crippen molar-refractivity contribution in [1.82, 2.24) is 0 Å². The summed E-state index contributed by atoms with van der Waals surface area (Å²) in [5, 5.41) is 0. The molecule has 0 amide bonds. The van der Waals surface area contributed by atoms with E-state index in [0.29, 0.717) is 0 Å². The summed E-state index contributed by atoms with van der Waals surface area (Å²) >= 11 is 0. The highest BCUT2D eigenvalue weighted by Gasteiger charge is 2.28. The second-order valence-electron chi connectivity index (χ2n) is 11.2. The molecule has 0 aliphatic heterocycles. The second kappa shape index (κ2) is 18.6. The topological polar surface area (TPSA) is 0 Å². The number of benzene rings is 3. The molecular weight excluding hydrogens is 458 g/mol. The molecule has 3 aromatic rings. The van der Waals surface area contributed by atoms with Gasteiger partial charge in [-0.25, -0.2) is 0 Å². The summed E-state index contributed by atoms with van der Waals surface area (Å²) in [5.41, 5.74) is 4.34. The lowest BCUT2D eigenvalue weighted by molar-refractivity contribution is -0.966. The largest absolute Gasteiger partial charge is 0.312 e. The van der Waals surface area contributed by atoms with Crippen LogP contribution in [0, 0.1) is 0 Å². The van der Waals surface area contributed by atoms with E-state index < -0.39 is 0 Å². The van der Waals surface area contributed by atoms with E-state index in [1.54, 1.807) is 0 Å². The number of nitrogens with zero attached hydrogens (tertiary/aromatic N) is 1. The molecule has 0 spiro atoms. The van der Waals surface area contributed by atoms with Crippen LogP contribution in [-0.4, -0.2) is 11.0 Å². The van der Waals surface area contributed by atoms with Crippen LogP contribution in [0.4, 0.5) is 0 Å². The van der Waals surface area contributed by atoms with Crippen molar-refractivity contribution in [3.63, 3.8) is 0 Å². The first kappa shape index (κ1) is 29.9. The van der Waals surface area contributed by atoms with Gasteiger partial charge in [-0.3, -0.25) is 0 Å². The third-order valence-corrected chi connectivity index (χ3v) is 7.74. The summed E-state index contributed by atoms with van der Waals surface area (Å²) in [6, 6.07) is 33.4. The van der Waals surface area contributed by atoms with Crippen molar-refractivity contribution in [3.05, 3.63) is 120 Å². The molecule has 0 bridgehead atoms. The Morgan fingerprint density at radius 1 is 0.447 bits per heavy atom. The molecule has 204 valence electrons. The van der Waals surface area contributed by atoms with Gasteiger partial charge in [-0.2, -0.15) is 0 Å². The minimum Gasteiger partial charge on any atom is -0.312 e. The Labute approximate surface area is 234 Å². The van der Waals surface area contributed by atoms with Crippen molar-refractivity contribution in [2.24, 2.45) is 0 Å². The van der Waals surface area contributed by atoms with Crippen LogP contribution in [0.3, 0.4) is 0 Å². The van der Waals surface area contributed by atoms with E-state index in [4.69, 9.17) is 0 Å². The maximum Gasteiger partial charge on any atom is 0.105 e. The Balaban J connectivity index is 1.50. The third-order valence-electron chi connectivity index (χ3n) is 7.74. The van der Waals surface area contributed by atoms with Gasteiger partial charge in [0.2, 0.25) is 0 Å². The number of unbranched alkanes of at least 4 members (excludes halogenated alkanes) is 10. The van der Waals surface area contributed by atoms with Gasteiger partial charge >= 0.3 is 0 Å². The molecule has 0 aliphatic carbocycles. The molecule has 0 saturated carbocycles. The third kappa shape index (κ3) is 12.3. The van der Waals surface area contributed by atoms with Gasteiger partial charge in [-0.05, 0) is 32.1 Å². The number of rotatable bonds is 20. The highest BCUT2D eigenvalue weighted by Crippen LogP contribution is 2.26. The Hall–Kier alpha value is -2.64. The lowest BCUT2D eigenvalue weighted by atomic mass is 10.0. The van der Waals surface area contributed by atoms with Crippen LogP contribution in [-0.2, 0) is 19.6 Å². The molecule has 0 fully saturated rings. The maximum atomic E-state index is 2.35. The normalized spacial score (nSPS) is 11.8. The molecule has 0 N–H and O–H groups in total. The minimum atomic E-state index is 1.08. The molecule has 0 atom stereocenters. The average molecular weight is 511 g/mol. The summed E-state index contributed by atoms with van der Waals surface area (Å²) in [5.74, 6) is 0. The maximum absolute atomic E-state index is 2.35. The molecule has 0 aliphatic rings. The van der Waals surface area contributed by atoms with Crippen LogP contribution in [0.2, 0.25) is 0 Å². The first-order valence-electron chi connectivity index (χ1n) is 15.4. The lowest BCUT2D eigenvalue weighted by Gasteiger charge is -2.39. The zero-order valence-corrected chi connectivity index (χ0v) is 24.1. The number of quaternary nitrogens is 1. The summed E-state index contributed by atoms with van der Waals surface area (Å²) in [6.45, 7) is 6.69. The number of hydrogen-bond donors (Lipinski definition) is 0. The molecule has 0 radical (unpaired) electrons. The van der Waals surface area contributed by atoms with Gasteiger partial charge in [0.1, 0.15) is 19.6 Å². The van der Waals surface area contributed by atoms with Gasteiger partial charge in [-0.15, -0.1) is 0 Å². The first-order valence-corrected chi connectivity index (χ1v) is 15.4. The highest BCUT2D eigenvalue weighted by molar-refractivity contribution is 5.17. The molecule has 1 nitrogen and oxygen atoms in total. The van der Waals surface area contributed by atoms with Crippen molar-refractivity contribution in [2.75, 3.05) is 6.54 Å². The molecule has 38 heavy (non-hydrogen) atoms. The minimum absolute atomic E-state index is 1.08. The van der Waals surface area contributed by atoms with Crippen molar-refractivity contribution in [3.8, 4) is 0 Å². The standard InChI is InChI=1S/C37H52N/c1-2-3-4-5-6-7-8-9-10-11-12-13-14-24-31-38(32-35-25-18-15-19-26-35,33-36-27-20-16-21-28-36)34-37-29-22-17-23-30-37/h3-4,15-23,25-30H,2,5-14,24,31-34H2,1H3/q+1/b4-3+. The Morgan fingerprint density at radius 2 is 0.816 bits per heavy atom. The van der Waals surface area contributed by atoms with Crippen molar-refractivity contribution in [2.45, 2.75) is 104 Å². The summed E-state index contributed by atoms with van der Waals surface area (Å²) in [4.78, 5) is 0. The molecule has 0 heterocycles. The van der Waals surface area contributed by atoms with Crippen LogP contribution in [0.5, 0.6) is 0 Å². The fourth-order valence-corrected chi connectivity index (χ4v) is 5.73. The fourth-order valence-electron chi connectivity index (χ4n) is 5.73. The summed E-state index contributed by atoms with van der Waals surface area (Å²) in [7, 11) is 0. The zero-order valence-electron chi connectivity index (χ0n) is 24.1. The van der Waals surface area contributed by atoms with Gasteiger partial charge in [-0.1, -0.05) is 155 Å². The van der Waals surface area contributed by atoms with Gasteiger partial charge in [0.05, 0.1) is 6.54 Å². The average Bonchev–Trinajstić information content (AvgIpc) is 2.95. The summed E-state index contributed by atoms with van der Waals surface area (Å²) in [6.07, 6.45) is 21.0. The monoisotopic (exact) mass is 510 g/mol. The second-order valence-corrected chi connectivity index (χ2v) is 11.2. The van der Waals surface area contributed by atoms with E-state index in [-0.39, 0.29) is 0 Å². The van der Waals surface area contributed by atoms with Gasteiger partial charge in [0.15, 0.2) is 0 Å². The molecule has 0 unspecified atom stereocenters.